The third kappa shape index (κ3) is 2.96. The van der Waals surface area contributed by atoms with Crippen molar-refractivity contribution in [2.24, 2.45) is 5.92 Å². The third-order valence-corrected chi connectivity index (χ3v) is 3.31. The van der Waals surface area contributed by atoms with E-state index < -0.39 is 23.8 Å². The van der Waals surface area contributed by atoms with Gasteiger partial charge in [-0.3, -0.25) is 9.59 Å². The zero-order chi connectivity index (χ0) is 14.0. The third-order valence-electron chi connectivity index (χ3n) is 3.31. The molecule has 1 fully saturated rings. The largest absolute Gasteiger partial charge is 0.508 e. The van der Waals surface area contributed by atoms with Crippen molar-refractivity contribution >= 4 is 11.9 Å². The van der Waals surface area contributed by atoms with E-state index in [-0.39, 0.29) is 17.1 Å². The molecule has 1 aliphatic rings. The van der Waals surface area contributed by atoms with Gasteiger partial charge in [-0.25, -0.2) is 0 Å². The molecule has 1 aromatic rings. The summed E-state index contributed by atoms with van der Waals surface area (Å²) in [6.45, 7) is 0. The number of hydrogen-bond donors (Lipinski definition) is 4. The summed E-state index contributed by atoms with van der Waals surface area (Å²) in [4.78, 5) is 23.0. The molecule has 2 unspecified atom stereocenters. The van der Waals surface area contributed by atoms with Gasteiger partial charge < -0.3 is 20.6 Å². The maximum Gasteiger partial charge on any atom is 0.308 e. The Labute approximate surface area is 109 Å². The van der Waals surface area contributed by atoms with E-state index in [1.807, 2.05) is 0 Å². The van der Waals surface area contributed by atoms with Crippen molar-refractivity contribution in [3.05, 3.63) is 23.8 Å². The number of rotatable bonds is 3. The highest BCUT2D eigenvalue weighted by molar-refractivity contribution is 5.95. The molecule has 0 aliphatic heterocycles. The van der Waals surface area contributed by atoms with Crippen molar-refractivity contribution in [1.82, 2.24) is 5.32 Å². The fourth-order valence-electron chi connectivity index (χ4n) is 2.41. The maximum atomic E-state index is 11.9. The topological polar surface area (TPSA) is 107 Å². The lowest BCUT2D eigenvalue weighted by Gasteiger charge is -2.17. The molecule has 0 spiro atoms. The summed E-state index contributed by atoms with van der Waals surface area (Å²) in [6.07, 6.45) is 1.92. The van der Waals surface area contributed by atoms with E-state index in [1.165, 1.54) is 12.1 Å². The van der Waals surface area contributed by atoms with Crippen LogP contribution in [0.3, 0.4) is 0 Å². The maximum absolute atomic E-state index is 11.9. The highest BCUT2D eigenvalue weighted by Gasteiger charge is 2.34. The molecule has 0 heterocycles. The standard InChI is InChI=1S/C13H15NO5/c15-8-4-7(5-9(16)6-8)12(17)14-11-3-1-2-10(11)13(18)19/h4-6,10-11,15-16H,1-3H2,(H,14,17)(H,18,19). The number of nitrogens with one attached hydrogen (secondary N) is 1. The first-order valence-corrected chi connectivity index (χ1v) is 6.04. The van der Waals surface area contributed by atoms with E-state index in [2.05, 4.69) is 5.32 Å². The predicted octanol–water partition coefficient (Wildman–Crippen LogP) is 1.08. The van der Waals surface area contributed by atoms with E-state index in [9.17, 15) is 19.8 Å². The molecule has 1 aromatic carbocycles. The summed E-state index contributed by atoms with van der Waals surface area (Å²) in [5, 5.41) is 30.3. The Bertz CT molecular complexity index is 494. The molecule has 1 amide bonds. The van der Waals surface area contributed by atoms with Crippen molar-refractivity contribution < 1.29 is 24.9 Å². The van der Waals surface area contributed by atoms with Gasteiger partial charge in [0.15, 0.2) is 0 Å². The van der Waals surface area contributed by atoms with Gasteiger partial charge >= 0.3 is 5.97 Å². The lowest BCUT2D eigenvalue weighted by Crippen LogP contribution is -2.40. The van der Waals surface area contributed by atoms with Gasteiger partial charge in [-0.2, -0.15) is 0 Å². The van der Waals surface area contributed by atoms with Gasteiger partial charge in [-0.05, 0) is 25.0 Å². The summed E-state index contributed by atoms with van der Waals surface area (Å²) in [7, 11) is 0. The molecule has 4 N–H and O–H groups in total. The Morgan fingerprint density at radius 1 is 1.11 bits per heavy atom. The SMILES string of the molecule is O=C(NC1CCCC1C(=O)O)c1cc(O)cc(O)c1. The molecule has 1 saturated carbocycles. The van der Waals surface area contributed by atoms with Crippen LogP contribution in [0.4, 0.5) is 0 Å². The summed E-state index contributed by atoms with van der Waals surface area (Å²) >= 11 is 0. The van der Waals surface area contributed by atoms with Crippen LogP contribution < -0.4 is 5.32 Å². The first-order chi connectivity index (χ1) is 8.97. The van der Waals surface area contributed by atoms with Gasteiger partial charge in [0.1, 0.15) is 11.5 Å². The number of carbonyl (C=O) groups is 2. The number of phenolic OH excluding ortho intramolecular Hbond substituents is 2. The first-order valence-electron chi connectivity index (χ1n) is 6.04. The normalized spacial score (nSPS) is 22.1. The van der Waals surface area contributed by atoms with E-state index >= 15 is 0 Å². The first kappa shape index (κ1) is 13.2. The van der Waals surface area contributed by atoms with Crippen LogP contribution >= 0.6 is 0 Å². The molecule has 19 heavy (non-hydrogen) atoms. The molecule has 0 aromatic heterocycles. The molecule has 102 valence electrons. The van der Waals surface area contributed by atoms with Crippen LogP contribution in [-0.2, 0) is 4.79 Å². The molecule has 6 heteroatoms. The van der Waals surface area contributed by atoms with Crippen LogP contribution in [0.5, 0.6) is 11.5 Å². The highest BCUT2D eigenvalue weighted by atomic mass is 16.4. The second-order valence-corrected chi connectivity index (χ2v) is 4.69. The van der Waals surface area contributed by atoms with Crippen molar-refractivity contribution in [3.8, 4) is 11.5 Å². The van der Waals surface area contributed by atoms with Gasteiger partial charge in [-0.1, -0.05) is 6.42 Å². The zero-order valence-corrected chi connectivity index (χ0v) is 10.2. The summed E-state index contributed by atoms with van der Waals surface area (Å²) in [5.74, 6) is -2.42. The zero-order valence-electron chi connectivity index (χ0n) is 10.2. The number of carboxylic acids is 1. The minimum absolute atomic E-state index is 0.105. The predicted molar refractivity (Wildman–Crippen MR) is 66.0 cm³/mol. The van der Waals surface area contributed by atoms with Gasteiger partial charge in [0.25, 0.3) is 5.91 Å². The van der Waals surface area contributed by atoms with E-state index in [1.54, 1.807) is 0 Å². The average molecular weight is 265 g/mol. The van der Waals surface area contributed by atoms with Gasteiger partial charge in [0, 0.05) is 17.7 Å². The quantitative estimate of drug-likeness (QED) is 0.654. The fraction of sp³-hybridized carbons (Fsp3) is 0.385. The lowest BCUT2D eigenvalue weighted by molar-refractivity contribution is -0.142. The van der Waals surface area contributed by atoms with Gasteiger partial charge in [0.2, 0.25) is 0 Å². The highest BCUT2D eigenvalue weighted by Crippen LogP contribution is 2.27. The number of carbonyl (C=O) groups excluding carboxylic acids is 1. The molecular weight excluding hydrogens is 250 g/mol. The van der Waals surface area contributed by atoms with Crippen molar-refractivity contribution in [2.75, 3.05) is 0 Å². The van der Waals surface area contributed by atoms with Crippen molar-refractivity contribution in [1.29, 1.82) is 0 Å². The number of amides is 1. The minimum atomic E-state index is -0.915. The fourth-order valence-corrected chi connectivity index (χ4v) is 2.41. The van der Waals surface area contributed by atoms with Crippen LogP contribution in [0, 0.1) is 5.92 Å². The summed E-state index contributed by atoms with van der Waals surface area (Å²) < 4.78 is 0. The lowest BCUT2D eigenvalue weighted by atomic mass is 10.0. The Balaban J connectivity index is 2.10. The number of phenols is 2. The molecule has 1 aliphatic carbocycles. The molecule has 2 atom stereocenters. The second kappa shape index (κ2) is 5.17. The summed E-state index contributed by atoms with van der Waals surface area (Å²) in [6, 6.07) is 3.15. The Hall–Kier alpha value is -2.24. The number of aromatic hydroxyl groups is 2. The number of carboxylic acid groups (broad SMARTS) is 1. The molecular formula is C13H15NO5. The molecule has 0 saturated heterocycles. The van der Waals surface area contributed by atoms with Crippen LogP contribution in [0.25, 0.3) is 0 Å². The van der Waals surface area contributed by atoms with Crippen molar-refractivity contribution in [2.45, 2.75) is 25.3 Å². The van der Waals surface area contributed by atoms with Crippen molar-refractivity contribution in [3.63, 3.8) is 0 Å². The van der Waals surface area contributed by atoms with Gasteiger partial charge in [-0.15, -0.1) is 0 Å². The number of aliphatic carboxylic acids is 1. The Morgan fingerprint density at radius 3 is 2.32 bits per heavy atom. The molecule has 0 radical (unpaired) electrons. The van der Waals surface area contributed by atoms with E-state index in [0.717, 1.165) is 12.5 Å². The smallest absolute Gasteiger partial charge is 0.308 e. The number of benzene rings is 1. The van der Waals surface area contributed by atoms with E-state index in [0.29, 0.717) is 12.8 Å². The average Bonchev–Trinajstić information content (AvgIpc) is 2.75. The second-order valence-electron chi connectivity index (χ2n) is 4.69. The number of hydrogen-bond acceptors (Lipinski definition) is 4. The van der Waals surface area contributed by atoms with Gasteiger partial charge in [0.05, 0.1) is 5.92 Å². The van der Waals surface area contributed by atoms with Crippen LogP contribution in [0.1, 0.15) is 29.6 Å². The summed E-state index contributed by atoms with van der Waals surface area (Å²) in [5.41, 5.74) is 0.105. The monoisotopic (exact) mass is 265 g/mol. The Kier molecular flexibility index (Phi) is 3.59. The molecule has 6 nitrogen and oxygen atoms in total. The van der Waals surface area contributed by atoms with E-state index in [4.69, 9.17) is 5.11 Å². The minimum Gasteiger partial charge on any atom is -0.508 e. The van der Waals surface area contributed by atoms with Crippen LogP contribution in [0.15, 0.2) is 18.2 Å². The molecule has 2 rings (SSSR count). The molecule has 0 bridgehead atoms. The van der Waals surface area contributed by atoms with Crippen LogP contribution in [-0.4, -0.2) is 33.2 Å². The van der Waals surface area contributed by atoms with Crippen LogP contribution in [0.2, 0.25) is 0 Å². The Morgan fingerprint density at radius 2 is 1.74 bits per heavy atom.